The van der Waals surface area contributed by atoms with E-state index in [4.69, 9.17) is 11.6 Å². The first-order chi connectivity index (χ1) is 17.2. The van der Waals surface area contributed by atoms with Gasteiger partial charge in [-0.3, -0.25) is 4.90 Å². The molecule has 0 bridgehead atoms. The van der Waals surface area contributed by atoms with Crippen molar-refractivity contribution in [1.29, 1.82) is 0 Å². The summed E-state index contributed by atoms with van der Waals surface area (Å²) in [7, 11) is 0. The van der Waals surface area contributed by atoms with Gasteiger partial charge in [-0.25, -0.2) is 0 Å². The molecule has 196 valence electrons. The van der Waals surface area contributed by atoms with Crippen LogP contribution in [0.25, 0.3) is 0 Å². The number of alkyl halides is 3. The van der Waals surface area contributed by atoms with Crippen LogP contribution in [-0.2, 0) is 6.42 Å². The third-order valence-corrected chi connectivity index (χ3v) is 8.41. The van der Waals surface area contributed by atoms with E-state index in [2.05, 4.69) is 15.0 Å². The molecule has 1 aliphatic heterocycles. The van der Waals surface area contributed by atoms with Gasteiger partial charge in [-0.1, -0.05) is 55.1 Å². The molecule has 1 heterocycles. The van der Waals surface area contributed by atoms with Crippen LogP contribution >= 0.6 is 11.6 Å². The molecular weight excluding hydrogens is 489 g/mol. The smallest absolute Gasteiger partial charge is 0.406 e. The first-order valence-corrected chi connectivity index (χ1v) is 13.3. The van der Waals surface area contributed by atoms with E-state index in [9.17, 15) is 18.3 Å². The summed E-state index contributed by atoms with van der Waals surface area (Å²) in [4.78, 5) is 2.43. The fourth-order valence-corrected chi connectivity index (χ4v) is 6.58. The van der Waals surface area contributed by atoms with Gasteiger partial charge in [-0.15, -0.1) is 13.2 Å². The number of halogens is 4. The lowest BCUT2D eigenvalue weighted by Gasteiger charge is -2.36. The zero-order chi connectivity index (χ0) is 25.3. The minimum absolute atomic E-state index is 0.166. The van der Waals surface area contributed by atoms with Crippen LogP contribution in [0.2, 0.25) is 5.02 Å². The van der Waals surface area contributed by atoms with Gasteiger partial charge in [0.15, 0.2) is 0 Å². The lowest BCUT2D eigenvalue weighted by Crippen LogP contribution is -2.44. The Bertz CT molecular complexity index is 1030. The van der Waals surface area contributed by atoms with Crippen molar-refractivity contribution in [2.75, 3.05) is 26.2 Å². The van der Waals surface area contributed by atoms with Gasteiger partial charge in [-0.2, -0.15) is 0 Å². The Morgan fingerprint density at radius 2 is 1.78 bits per heavy atom. The summed E-state index contributed by atoms with van der Waals surface area (Å²) in [5.41, 5.74) is 1.25. The first-order valence-electron chi connectivity index (χ1n) is 13.0. The maximum Gasteiger partial charge on any atom is 0.573 e. The quantitative estimate of drug-likeness (QED) is 0.425. The summed E-state index contributed by atoms with van der Waals surface area (Å²) in [6.07, 6.45) is 1.16. The molecule has 0 radical (unpaired) electrons. The van der Waals surface area contributed by atoms with E-state index < -0.39 is 12.0 Å². The van der Waals surface area contributed by atoms with Gasteiger partial charge in [0.2, 0.25) is 0 Å². The molecule has 4 nitrogen and oxygen atoms in total. The molecule has 0 spiro atoms. The topological polar surface area (TPSA) is 44.7 Å². The normalized spacial score (nSPS) is 26.4. The average Bonchev–Trinajstić information content (AvgIpc) is 3.26. The van der Waals surface area contributed by atoms with E-state index >= 15 is 0 Å². The molecule has 1 saturated heterocycles. The van der Waals surface area contributed by atoms with E-state index in [1.807, 2.05) is 30.3 Å². The van der Waals surface area contributed by atoms with Crippen molar-refractivity contribution in [3.05, 3.63) is 64.7 Å². The van der Waals surface area contributed by atoms with Crippen LogP contribution in [0.1, 0.15) is 49.3 Å². The Balaban J connectivity index is 1.21. The summed E-state index contributed by atoms with van der Waals surface area (Å²) in [5.74, 6) is 1.59. The van der Waals surface area contributed by atoms with Crippen molar-refractivity contribution in [3.63, 3.8) is 0 Å². The van der Waals surface area contributed by atoms with Crippen molar-refractivity contribution < 1.29 is 23.0 Å². The van der Waals surface area contributed by atoms with Crippen molar-refractivity contribution in [2.24, 2.45) is 17.8 Å². The highest BCUT2D eigenvalue weighted by Crippen LogP contribution is 2.52. The fraction of sp³-hybridized carbons (Fsp3) is 0.571. The second-order valence-electron chi connectivity index (χ2n) is 10.9. The SMILES string of the molecule is OC1(CN2CC3C(CNC(Cc4cccc(Cl)c4)c4cccc(OC(F)(F)F)c4)C3C2)CCCCC1. The summed E-state index contributed by atoms with van der Waals surface area (Å²) in [5, 5.41) is 15.2. The molecule has 0 aromatic heterocycles. The van der Waals surface area contributed by atoms with Gasteiger partial charge >= 0.3 is 6.36 Å². The summed E-state index contributed by atoms with van der Waals surface area (Å²) >= 11 is 6.18. The van der Waals surface area contributed by atoms with Crippen LogP contribution in [0.3, 0.4) is 0 Å². The molecule has 2 aromatic carbocycles. The molecule has 2 N–H and O–H groups in total. The fourth-order valence-electron chi connectivity index (χ4n) is 6.37. The number of hydrogen-bond donors (Lipinski definition) is 2. The van der Waals surface area contributed by atoms with Crippen molar-refractivity contribution in [1.82, 2.24) is 10.2 Å². The number of hydrogen-bond acceptors (Lipinski definition) is 4. The predicted molar refractivity (Wildman–Crippen MR) is 134 cm³/mol. The number of likely N-dealkylation sites (tertiary alicyclic amines) is 1. The van der Waals surface area contributed by atoms with Crippen LogP contribution in [0.4, 0.5) is 13.2 Å². The minimum Gasteiger partial charge on any atom is -0.406 e. The van der Waals surface area contributed by atoms with Crippen LogP contribution in [-0.4, -0.2) is 48.1 Å². The zero-order valence-corrected chi connectivity index (χ0v) is 21.1. The number of benzene rings is 2. The van der Waals surface area contributed by atoms with Crippen LogP contribution < -0.4 is 10.1 Å². The molecule has 36 heavy (non-hydrogen) atoms. The number of nitrogens with one attached hydrogen (secondary N) is 1. The molecule has 3 aliphatic rings. The molecule has 3 fully saturated rings. The highest BCUT2D eigenvalue weighted by atomic mass is 35.5. The molecule has 8 heteroatoms. The van der Waals surface area contributed by atoms with Gasteiger partial charge < -0.3 is 15.2 Å². The van der Waals surface area contributed by atoms with Crippen molar-refractivity contribution in [2.45, 2.75) is 56.5 Å². The van der Waals surface area contributed by atoms with Gasteiger partial charge in [0, 0.05) is 30.7 Å². The Labute approximate surface area is 215 Å². The predicted octanol–water partition coefficient (Wildman–Crippen LogP) is 5.99. The number of ether oxygens (including phenoxy) is 1. The van der Waals surface area contributed by atoms with Crippen molar-refractivity contribution >= 4 is 11.6 Å². The summed E-state index contributed by atoms with van der Waals surface area (Å²) in [6.45, 7) is 3.63. The monoisotopic (exact) mass is 522 g/mol. The Kier molecular flexibility index (Phi) is 7.55. The Morgan fingerprint density at radius 1 is 1.06 bits per heavy atom. The third-order valence-electron chi connectivity index (χ3n) is 8.17. The molecule has 2 aliphatic carbocycles. The van der Waals surface area contributed by atoms with Crippen LogP contribution in [0.15, 0.2) is 48.5 Å². The summed E-state index contributed by atoms with van der Waals surface area (Å²) < 4.78 is 42.5. The zero-order valence-electron chi connectivity index (χ0n) is 20.3. The van der Waals surface area contributed by atoms with E-state index in [-0.39, 0.29) is 11.8 Å². The number of aliphatic hydroxyl groups is 1. The number of rotatable bonds is 9. The second-order valence-corrected chi connectivity index (χ2v) is 11.3. The van der Waals surface area contributed by atoms with Crippen molar-refractivity contribution in [3.8, 4) is 5.75 Å². The van der Waals surface area contributed by atoms with Crippen LogP contribution in [0, 0.1) is 17.8 Å². The van der Waals surface area contributed by atoms with Crippen LogP contribution in [0.5, 0.6) is 5.75 Å². The maximum absolute atomic E-state index is 12.8. The van der Waals surface area contributed by atoms with Gasteiger partial charge in [0.25, 0.3) is 0 Å². The van der Waals surface area contributed by atoms with Gasteiger partial charge in [0.1, 0.15) is 5.75 Å². The molecule has 2 saturated carbocycles. The molecular formula is C28H34ClF3N2O2. The van der Waals surface area contributed by atoms with E-state index in [1.165, 1.54) is 18.6 Å². The maximum atomic E-state index is 12.8. The summed E-state index contributed by atoms with van der Waals surface area (Å²) in [6, 6.07) is 13.6. The second kappa shape index (κ2) is 10.5. The minimum atomic E-state index is -4.73. The van der Waals surface area contributed by atoms with Gasteiger partial charge in [0.05, 0.1) is 5.60 Å². The highest BCUT2D eigenvalue weighted by molar-refractivity contribution is 6.30. The molecule has 5 rings (SSSR count). The van der Waals surface area contributed by atoms with E-state index in [1.54, 1.807) is 6.07 Å². The lowest BCUT2D eigenvalue weighted by atomic mass is 9.84. The lowest BCUT2D eigenvalue weighted by molar-refractivity contribution is -0.274. The molecule has 0 amide bonds. The van der Waals surface area contributed by atoms with E-state index in [0.717, 1.165) is 63.0 Å². The molecule has 3 unspecified atom stereocenters. The first kappa shape index (κ1) is 25.8. The number of piperidine rings is 1. The highest BCUT2D eigenvalue weighted by Gasteiger charge is 2.55. The Morgan fingerprint density at radius 3 is 2.47 bits per heavy atom. The standard InChI is InChI=1S/C28H34ClF3N2O2/c29-21-8-4-6-19(12-21)13-26(20-7-5-9-22(14-20)36-28(30,31)32)33-15-23-24-16-34(17-25(23)24)18-27(35)10-2-1-3-11-27/h4-9,12,14,23-26,33,35H,1-3,10-11,13,15-18H2. The molecule has 2 aromatic rings. The average molecular weight is 523 g/mol. The largest absolute Gasteiger partial charge is 0.573 e. The van der Waals surface area contributed by atoms with E-state index in [0.29, 0.717) is 29.2 Å². The Hall–Kier alpha value is -1.80. The number of nitrogens with zero attached hydrogens (tertiary/aromatic N) is 1. The number of fused-ring (bicyclic) bond motifs is 1. The number of β-amino-alcohol motifs (C(OH)–C–C–N with tert-alkyl or cyclic N) is 1. The third kappa shape index (κ3) is 6.55. The van der Waals surface area contributed by atoms with Gasteiger partial charge in [-0.05, 0) is 79.0 Å². The molecule has 3 atom stereocenters.